The first kappa shape index (κ1) is 13.9. The van der Waals surface area contributed by atoms with E-state index in [0.717, 1.165) is 11.0 Å². The fourth-order valence-electron chi connectivity index (χ4n) is 1.92. The van der Waals surface area contributed by atoms with Gasteiger partial charge in [-0.3, -0.25) is 5.41 Å². The molecule has 20 heavy (non-hydrogen) atoms. The lowest BCUT2D eigenvalue weighted by molar-refractivity contribution is 0.311. The molecule has 0 atom stereocenters. The number of aromatic nitrogens is 2. The predicted octanol–water partition coefficient (Wildman–Crippen LogP) is 1.53. The van der Waals surface area contributed by atoms with Crippen molar-refractivity contribution in [3.63, 3.8) is 0 Å². The first-order valence-corrected chi connectivity index (χ1v) is 6.28. The first-order chi connectivity index (χ1) is 9.65. The van der Waals surface area contributed by atoms with Gasteiger partial charge in [0.25, 0.3) is 0 Å². The predicted molar refractivity (Wildman–Crippen MR) is 76.2 cm³/mol. The average molecular weight is 275 g/mol. The van der Waals surface area contributed by atoms with Crippen molar-refractivity contribution >= 4 is 22.8 Å². The van der Waals surface area contributed by atoms with Crippen LogP contribution in [0.2, 0.25) is 0 Å². The van der Waals surface area contributed by atoms with Crippen molar-refractivity contribution in [3.8, 4) is 0 Å². The van der Waals surface area contributed by atoms with Gasteiger partial charge in [0.05, 0.1) is 6.61 Å². The highest BCUT2D eigenvalue weighted by Crippen LogP contribution is 2.15. The van der Waals surface area contributed by atoms with Crippen molar-refractivity contribution in [1.82, 2.24) is 9.55 Å². The van der Waals surface area contributed by atoms with Crippen molar-refractivity contribution in [2.75, 3.05) is 6.61 Å². The summed E-state index contributed by atoms with van der Waals surface area (Å²) in [4.78, 5) is 4.31. The third-order valence-corrected chi connectivity index (χ3v) is 2.90. The highest BCUT2D eigenvalue weighted by atomic mass is 16.5. The molecule has 0 saturated carbocycles. The van der Waals surface area contributed by atoms with Gasteiger partial charge in [-0.1, -0.05) is 5.16 Å². The Morgan fingerprint density at radius 1 is 1.60 bits per heavy atom. The number of nitrogens with two attached hydrogens (primary N) is 1. The molecule has 0 aliphatic carbocycles. The highest BCUT2D eigenvalue weighted by Gasteiger charge is 2.07. The summed E-state index contributed by atoms with van der Waals surface area (Å²) in [5.74, 6) is 0.299. The van der Waals surface area contributed by atoms with E-state index in [1.54, 1.807) is 6.20 Å². The highest BCUT2D eigenvalue weighted by molar-refractivity contribution is 5.99. The smallest absolute Gasteiger partial charge is 0.182 e. The van der Waals surface area contributed by atoms with Gasteiger partial charge >= 0.3 is 0 Å². The van der Waals surface area contributed by atoms with Gasteiger partial charge in [-0.15, -0.1) is 0 Å². The zero-order valence-corrected chi connectivity index (χ0v) is 11.2. The Morgan fingerprint density at radius 3 is 3.10 bits per heavy atom. The minimum atomic E-state index is 0.0327. The van der Waals surface area contributed by atoms with E-state index in [0.29, 0.717) is 25.1 Å². The fourth-order valence-corrected chi connectivity index (χ4v) is 1.92. The molecule has 7 heteroatoms. The standard InChI is InChI=1S/C13H17N5O2/c1-2-20-11(14)4-6-18-5-3-9-7-10(12(15)17-19)8-16-13(9)18/h3,5,7-8,14,19H,2,4,6H2,1H3,(H2,15,17). The van der Waals surface area contributed by atoms with Crippen LogP contribution in [0.1, 0.15) is 18.9 Å². The Bertz CT molecular complexity index is 647. The lowest BCUT2D eigenvalue weighted by Crippen LogP contribution is -2.13. The van der Waals surface area contributed by atoms with E-state index in [9.17, 15) is 0 Å². The van der Waals surface area contributed by atoms with E-state index < -0.39 is 0 Å². The molecule has 0 saturated heterocycles. The second kappa shape index (κ2) is 6.05. The third kappa shape index (κ3) is 2.87. The molecule has 2 aromatic heterocycles. The van der Waals surface area contributed by atoms with E-state index in [2.05, 4.69) is 10.1 Å². The number of oxime groups is 1. The quantitative estimate of drug-likeness (QED) is 0.332. The van der Waals surface area contributed by atoms with Crippen LogP contribution in [-0.4, -0.2) is 33.1 Å². The lowest BCUT2D eigenvalue weighted by Gasteiger charge is -2.07. The molecule has 0 aliphatic rings. The zero-order valence-electron chi connectivity index (χ0n) is 11.2. The molecule has 0 radical (unpaired) electrons. The number of ether oxygens (including phenoxy) is 1. The molecule has 0 fully saturated rings. The van der Waals surface area contributed by atoms with Crippen molar-refractivity contribution in [1.29, 1.82) is 5.41 Å². The molecule has 2 heterocycles. The molecule has 2 rings (SSSR count). The molecular formula is C13H17N5O2. The summed E-state index contributed by atoms with van der Waals surface area (Å²) in [6, 6.07) is 3.71. The van der Waals surface area contributed by atoms with Gasteiger partial charge in [0.15, 0.2) is 11.7 Å². The monoisotopic (exact) mass is 275 g/mol. The molecule has 0 amide bonds. The summed E-state index contributed by atoms with van der Waals surface area (Å²) < 4.78 is 7.05. The van der Waals surface area contributed by atoms with E-state index in [1.165, 1.54) is 0 Å². The number of amidine groups is 1. The minimum Gasteiger partial charge on any atom is -0.481 e. The summed E-state index contributed by atoms with van der Waals surface area (Å²) in [7, 11) is 0. The van der Waals surface area contributed by atoms with Gasteiger partial charge in [-0.25, -0.2) is 4.98 Å². The van der Waals surface area contributed by atoms with E-state index in [4.69, 9.17) is 21.1 Å². The molecule has 2 aromatic rings. The number of hydrogen-bond acceptors (Lipinski definition) is 5. The van der Waals surface area contributed by atoms with Gasteiger partial charge in [0.1, 0.15) is 5.65 Å². The molecule has 0 bridgehead atoms. The molecule has 0 aromatic carbocycles. The zero-order chi connectivity index (χ0) is 14.5. The molecule has 0 unspecified atom stereocenters. The van der Waals surface area contributed by atoms with E-state index >= 15 is 0 Å². The third-order valence-electron chi connectivity index (χ3n) is 2.90. The van der Waals surface area contributed by atoms with Crippen molar-refractivity contribution in [2.45, 2.75) is 19.9 Å². The Hall–Kier alpha value is -2.57. The number of pyridine rings is 1. The van der Waals surface area contributed by atoms with Gasteiger partial charge < -0.3 is 20.2 Å². The normalized spacial score (nSPS) is 11.8. The Labute approximate surface area is 116 Å². The van der Waals surface area contributed by atoms with Gasteiger partial charge in [-0.05, 0) is 19.1 Å². The topological polar surface area (TPSA) is 110 Å². The molecular weight excluding hydrogens is 258 g/mol. The number of fused-ring (bicyclic) bond motifs is 1. The molecule has 7 nitrogen and oxygen atoms in total. The van der Waals surface area contributed by atoms with Crippen molar-refractivity contribution in [2.24, 2.45) is 10.9 Å². The summed E-state index contributed by atoms with van der Waals surface area (Å²) in [5, 5.41) is 20.1. The van der Waals surface area contributed by atoms with Crippen LogP contribution in [0.25, 0.3) is 11.0 Å². The van der Waals surface area contributed by atoms with E-state index in [1.807, 2.05) is 29.8 Å². The molecule has 0 spiro atoms. The number of aryl methyl sites for hydroxylation is 1. The van der Waals surface area contributed by atoms with Crippen LogP contribution < -0.4 is 5.73 Å². The molecule has 106 valence electrons. The summed E-state index contributed by atoms with van der Waals surface area (Å²) >= 11 is 0. The van der Waals surface area contributed by atoms with Gasteiger partial charge in [0, 0.05) is 36.3 Å². The van der Waals surface area contributed by atoms with Gasteiger partial charge in [0.2, 0.25) is 0 Å². The Balaban J connectivity index is 2.18. The number of nitrogens with zero attached hydrogens (tertiary/aromatic N) is 3. The second-order valence-corrected chi connectivity index (χ2v) is 4.24. The maximum atomic E-state index is 8.65. The van der Waals surface area contributed by atoms with Crippen LogP contribution >= 0.6 is 0 Å². The average Bonchev–Trinajstić information content (AvgIpc) is 2.86. The number of hydrogen-bond donors (Lipinski definition) is 3. The Morgan fingerprint density at radius 2 is 2.40 bits per heavy atom. The maximum Gasteiger partial charge on any atom is 0.182 e. The van der Waals surface area contributed by atoms with Crippen LogP contribution in [0.15, 0.2) is 29.7 Å². The van der Waals surface area contributed by atoms with Crippen molar-refractivity contribution in [3.05, 3.63) is 30.1 Å². The second-order valence-electron chi connectivity index (χ2n) is 4.24. The van der Waals surface area contributed by atoms with Crippen LogP contribution in [0.4, 0.5) is 0 Å². The number of nitrogens with one attached hydrogen (secondary N) is 1. The van der Waals surface area contributed by atoms with Crippen LogP contribution in [0.5, 0.6) is 0 Å². The van der Waals surface area contributed by atoms with Crippen LogP contribution in [0, 0.1) is 5.41 Å². The fraction of sp³-hybridized carbons (Fsp3) is 0.308. The van der Waals surface area contributed by atoms with E-state index in [-0.39, 0.29) is 11.7 Å². The first-order valence-electron chi connectivity index (χ1n) is 6.28. The molecule has 0 aliphatic heterocycles. The largest absolute Gasteiger partial charge is 0.481 e. The lowest BCUT2D eigenvalue weighted by atomic mass is 10.2. The van der Waals surface area contributed by atoms with Crippen LogP contribution in [-0.2, 0) is 11.3 Å². The van der Waals surface area contributed by atoms with Crippen LogP contribution in [0.3, 0.4) is 0 Å². The Kier molecular flexibility index (Phi) is 4.19. The minimum absolute atomic E-state index is 0.0327. The maximum absolute atomic E-state index is 8.65. The van der Waals surface area contributed by atoms with Gasteiger partial charge in [-0.2, -0.15) is 0 Å². The summed E-state index contributed by atoms with van der Waals surface area (Å²) in [6.45, 7) is 2.99. The SMILES string of the molecule is CCOC(=N)CCn1ccc2cc(/C(N)=N/O)cnc21. The van der Waals surface area contributed by atoms with Crippen molar-refractivity contribution < 1.29 is 9.94 Å². The summed E-state index contributed by atoms with van der Waals surface area (Å²) in [6.07, 6.45) is 3.97. The number of rotatable bonds is 5. The molecule has 4 N–H and O–H groups in total. The summed E-state index contributed by atoms with van der Waals surface area (Å²) in [5.41, 5.74) is 6.90.